The molecule has 174 valence electrons. The molecule has 3 aromatic rings. The summed E-state index contributed by atoms with van der Waals surface area (Å²) in [5, 5.41) is 13.0. The van der Waals surface area contributed by atoms with Crippen molar-refractivity contribution in [2.24, 2.45) is 0 Å². The SMILES string of the molecule is C=CCn1c(CCCOc2ccc(Cl)cc2C)nnc1SCC(=O)NCCc1ccccc1. The molecule has 0 aliphatic rings. The monoisotopic (exact) mass is 484 g/mol. The molecule has 0 aliphatic carbocycles. The number of allylic oxidation sites excluding steroid dienone is 1. The van der Waals surface area contributed by atoms with E-state index >= 15 is 0 Å². The van der Waals surface area contributed by atoms with Crippen molar-refractivity contribution in [2.75, 3.05) is 18.9 Å². The van der Waals surface area contributed by atoms with Gasteiger partial charge < -0.3 is 14.6 Å². The van der Waals surface area contributed by atoms with Gasteiger partial charge in [-0.05, 0) is 49.1 Å². The van der Waals surface area contributed by atoms with Gasteiger partial charge in [-0.2, -0.15) is 0 Å². The van der Waals surface area contributed by atoms with E-state index in [1.165, 1.54) is 17.3 Å². The van der Waals surface area contributed by atoms with Crippen LogP contribution in [0.5, 0.6) is 5.75 Å². The third kappa shape index (κ3) is 7.94. The van der Waals surface area contributed by atoms with Crippen LogP contribution in [0.1, 0.15) is 23.4 Å². The Morgan fingerprint density at radius 2 is 2.03 bits per heavy atom. The number of hydrogen-bond acceptors (Lipinski definition) is 5. The number of carbonyl (C=O) groups is 1. The van der Waals surface area contributed by atoms with Crippen LogP contribution < -0.4 is 10.1 Å². The highest BCUT2D eigenvalue weighted by Gasteiger charge is 2.13. The third-order valence-corrected chi connectivity index (χ3v) is 6.16. The Bertz CT molecular complexity index is 1060. The van der Waals surface area contributed by atoms with Crippen molar-refractivity contribution in [3.05, 3.63) is 83.2 Å². The fourth-order valence-electron chi connectivity index (χ4n) is 3.28. The summed E-state index contributed by atoms with van der Waals surface area (Å²) < 4.78 is 7.88. The minimum absolute atomic E-state index is 0.0163. The van der Waals surface area contributed by atoms with Crippen LogP contribution in [-0.4, -0.2) is 39.6 Å². The highest BCUT2D eigenvalue weighted by Crippen LogP contribution is 2.22. The number of thioether (sulfide) groups is 1. The van der Waals surface area contributed by atoms with E-state index in [0.717, 1.165) is 41.6 Å². The van der Waals surface area contributed by atoms with E-state index in [0.29, 0.717) is 30.5 Å². The predicted molar refractivity (Wildman–Crippen MR) is 134 cm³/mol. The molecular formula is C25H29ClN4O2S. The van der Waals surface area contributed by atoms with Crippen LogP contribution in [0.4, 0.5) is 0 Å². The molecule has 0 saturated heterocycles. The van der Waals surface area contributed by atoms with Crippen LogP contribution in [0.15, 0.2) is 66.3 Å². The second-order valence-corrected chi connectivity index (χ2v) is 8.91. The van der Waals surface area contributed by atoms with Crippen molar-refractivity contribution in [1.82, 2.24) is 20.1 Å². The number of amides is 1. The number of nitrogens with one attached hydrogen (secondary N) is 1. The van der Waals surface area contributed by atoms with Gasteiger partial charge in [0.05, 0.1) is 12.4 Å². The Kier molecular flexibility index (Phi) is 9.84. The van der Waals surface area contributed by atoms with Crippen molar-refractivity contribution < 1.29 is 9.53 Å². The average molecular weight is 485 g/mol. The van der Waals surface area contributed by atoms with Gasteiger partial charge in [0.15, 0.2) is 5.16 Å². The van der Waals surface area contributed by atoms with Gasteiger partial charge >= 0.3 is 0 Å². The quantitative estimate of drug-likeness (QED) is 0.212. The van der Waals surface area contributed by atoms with Crippen LogP contribution >= 0.6 is 23.4 Å². The summed E-state index contributed by atoms with van der Waals surface area (Å²) in [6, 6.07) is 15.7. The number of halogens is 1. The van der Waals surface area contributed by atoms with E-state index in [2.05, 4.69) is 34.2 Å². The third-order valence-electron chi connectivity index (χ3n) is 4.96. The van der Waals surface area contributed by atoms with Crippen LogP contribution in [-0.2, 0) is 24.2 Å². The van der Waals surface area contributed by atoms with Gasteiger partial charge in [0, 0.05) is 24.5 Å². The van der Waals surface area contributed by atoms with Gasteiger partial charge in [-0.1, -0.05) is 59.8 Å². The highest BCUT2D eigenvalue weighted by molar-refractivity contribution is 7.99. The molecule has 6 nitrogen and oxygen atoms in total. The molecule has 0 saturated carbocycles. The zero-order chi connectivity index (χ0) is 23.5. The zero-order valence-electron chi connectivity index (χ0n) is 18.8. The summed E-state index contributed by atoms with van der Waals surface area (Å²) in [5.74, 6) is 1.97. The smallest absolute Gasteiger partial charge is 0.230 e. The Labute approximate surface area is 204 Å². The number of hydrogen-bond donors (Lipinski definition) is 1. The molecule has 0 bridgehead atoms. The number of benzene rings is 2. The first-order chi connectivity index (χ1) is 16.1. The molecule has 0 radical (unpaired) electrons. The fourth-order valence-corrected chi connectivity index (χ4v) is 4.31. The fraction of sp³-hybridized carbons (Fsp3) is 0.320. The molecule has 0 fully saturated rings. The van der Waals surface area contributed by atoms with Crippen molar-refractivity contribution in [3.63, 3.8) is 0 Å². The molecule has 1 aromatic heterocycles. The lowest BCUT2D eigenvalue weighted by atomic mass is 10.1. The average Bonchev–Trinajstić information content (AvgIpc) is 3.19. The van der Waals surface area contributed by atoms with Gasteiger partial charge in [-0.15, -0.1) is 16.8 Å². The predicted octanol–water partition coefficient (Wildman–Crippen LogP) is 4.89. The first-order valence-corrected chi connectivity index (χ1v) is 12.3. The zero-order valence-corrected chi connectivity index (χ0v) is 20.4. The van der Waals surface area contributed by atoms with E-state index in [1.807, 2.05) is 54.0 Å². The summed E-state index contributed by atoms with van der Waals surface area (Å²) in [5.41, 5.74) is 2.22. The Hall–Kier alpha value is -2.77. The number of aromatic nitrogens is 3. The molecule has 1 heterocycles. The van der Waals surface area contributed by atoms with Gasteiger partial charge in [0.25, 0.3) is 0 Å². The maximum absolute atomic E-state index is 12.2. The summed E-state index contributed by atoms with van der Waals surface area (Å²) in [4.78, 5) is 12.2. The van der Waals surface area contributed by atoms with Crippen LogP contribution in [0.3, 0.4) is 0 Å². The largest absolute Gasteiger partial charge is 0.493 e. The van der Waals surface area contributed by atoms with Crippen molar-refractivity contribution >= 4 is 29.3 Å². The summed E-state index contributed by atoms with van der Waals surface area (Å²) in [6.07, 6.45) is 4.13. The molecule has 8 heteroatoms. The molecule has 1 N–H and O–H groups in total. The first kappa shape index (κ1) is 24.9. The van der Waals surface area contributed by atoms with Gasteiger partial charge in [-0.25, -0.2) is 0 Å². The van der Waals surface area contributed by atoms with Gasteiger partial charge in [0.2, 0.25) is 5.91 Å². The molecule has 33 heavy (non-hydrogen) atoms. The number of rotatable bonds is 13. The molecule has 3 rings (SSSR count). The lowest BCUT2D eigenvalue weighted by Gasteiger charge is -2.10. The van der Waals surface area contributed by atoms with E-state index < -0.39 is 0 Å². The van der Waals surface area contributed by atoms with Crippen molar-refractivity contribution in [3.8, 4) is 5.75 Å². The van der Waals surface area contributed by atoms with E-state index in [4.69, 9.17) is 16.3 Å². The highest BCUT2D eigenvalue weighted by atomic mass is 35.5. The molecular weight excluding hydrogens is 456 g/mol. The summed E-state index contributed by atoms with van der Waals surface area (Å²) >= 11 is 7.38. The van der Waals surface area contributed by atoms with Gasteiger partial charge in [0.1, 0.15) is 11.6 Å². The molecule has 0 unspecified atom stereocenters. The first-order valence-electron chi connectivity index (χ1n) is 10.9. The van der Waals surface area contributed by atoms with Crippen molar-refractivity contribution in [1.29, 1.82) is 0 Å². The standard InChI is InChI=1S/C25H29ClN4O2S/c1-3-15-30-23(10-7-16-32-22-12-11-21(26)17-19(22)2)28-29-25(30)33-18-24(31)27-14-13-20-8-5-4-6-9-20/h3-6,8-9,11-12,17H,1,7,10,13-16,18H2,2H3,(H,27,31). The topological polar surface area (TPSA) is 69.0 Å². The lowest BCUT2D eigenvalue weighted by molar-refractivity contribution is -0.118. The van der Waals surface area contributed by atoms with E-state index in [-0.39, 0.29) is 5.91 Å². The normalized spacial score (nSPS) is 10.7. The molecule has 0 atom stereocenters. The van der Waals surface area contributed by atoms with Crippen LogP contribution in [0.2, 0.25) is 5.02 Å². The summed E-state index contributed by atoms with van der Waals surface area (Å²) in [7, 11) is 0. The number of nitrogens with zero attached hydrogens (tertiary/aromatic N) is 3. The Morgan fingerprint density at radius 3 is 2.79 bits per heavy atom. The number of ether oxygens (including phenoxy) is 1. The minimum Gasteiger partial charge on any atom is -0.493 e. The Morgan fingerprint density at radius 1 is 1.21 bits per heavy atom. The number of aryl methyl sites for hydroxylation is 2. The number of carbonyl (C=O) groups excluding carboxylic acids is 1. The van der Waals surface area contributed by atoms with Crippen molar-refractivity contribution in [2.45, 2.75) is 37.9 Å². The van der Waals surface area contributed by atoms with Crippen LogP contribution in [0.25, 0.3) is 0 Å². The second-order valence-electron chi connectivity index (χ2n) is 7.53. The summed E-state index contributed by atoms with van der Waals surface area (Å²) in [6.45, 7) is 7.58. The minimum atomic E-state index is -0.0163. The Balaban J connectivity index is 1.45. The molecule has 0 aliphatic heterocycles. The lowest BCUT2D eigenvalue weighted by Crippen LogP contribution is -2.27. The maximum Gasteiger partial charge on any atom is 0.230 e. The molecule has 0 spiro atoms. The molecule has 1 amide bonds. The van der Waals surface area contributed by atoms with E-state index in [1.54, 1.807) is 0 Å². The maximum atomic E-state index is 12.2. The van der Waals surface area contributed by atoms with Crippen LogP contribution in [0, 0.1) is 6.92 Å². The van der Waals surface area contributed by atoms with Gasteiger partial charge in [-0.3, -0.25) is 4.79 Å². The van der Waals surface area contributed by atoms with E-state index in [9.17, 15) is 4.79 Å². The molecule has 2 aromatic carbocycles. The second kappa shape index (κ2) is 13.1.